The SMILES string of the molecule is O=C(NCc1ccc(S(=O)(=O)Cl)s1)C1CCCCS1(=O)=O. The van der Waals surface area contributed by atoms with Crippen molar-refractivity contribution in [2.45, 2.75) is 35.3 Å². The number of sulfone groups is 1. The van der Waals surface area contributed by atoms with Crippen LogP contribution in [-0.2, 0) is 30.2 Å². The van der Waals surface area contributed by atoms with Crippen LogP contribution in [0.3, 0.4) is 0 Å². The standard InChI is InChI=1S/C11H14ClNO5S3/c12-21(17,18)10-5-4-8(19-10)7-13-11(14)9-3-1-2-6-20(9,15)16/h4-5,9H,1-3,6-7H2,(H,13,14). The number of halogens is 1. The molecule has 6 nitrogen and oxygen atoms in total. The summed E-state index contributed by atoms with van der Waals surface area (Å²) in [6.07, 6.45) is 1.64. The van der Waals surface area contributed by atoms with Gasteiger partial charge in [0.1, 0.15) is 9.46 Å². The lowest BCUT2D eigenvalue weighted by Crippen LogP contribution is -2.42. The highest BCUT2D eigenvalue weighted by Crippen LogP contribution is 2.25. The molecule has 1 atom stereocenters. The highest BCUT2D eigenvalue weighted by molar-refractivity contribution is 8.15. The summed E-state index contributed by atoms with van der Waals surface area (Å²) in [5.74, 6) is -0.489. The van der Waals surface area contributed by atoms with Gasteiger partial charge in [0.15, 0.2) is 9.84 Å². The topological polar surface area (TPSA) is 97.4 Å². The van der Waals surface area contributed by atoms with Crippen LogP contribution in [0.25, 0.3) is 0 Å². The van der Waals surface area contributed by atoms with E-state index in [-0.39, 0.29) is 16.5 Å². The van der Waals surface area contributed by atoms with Gasteiger partial charge < -0.3 is 5.32 Å². The van der Waals surface area contributed by atoms with Gasteiger partial charge in [-0.3, -0.25) is 4.79 Å². The lowest BCUT2D eigenvalue weighted by Gasteiger charge is -2.21. The molecule has 1 unspecified atom stereocenters. The Balaban J connectivity index is 2.00. The van der Waals surface area contributed by atoms with Crippen molar-refractivity contribution < 1.29 is 21.6 Å². The summed E-state index contributed by atoms with van der Waals surface area (Å²) in [5.41, 5.74) is 0. The Morgan fingerprint density at radius 3 is 2.67 bits per heavy atom. The second-order valence-corrected chi connectivity index (χ2v) is 11.0. The molecule has 1 aromatic heterocycles. The maximum absolute atomic E-state index is 12.0. The fourth-order valence-electron chi connectivity index (χ4n) is 2.12. The van der Waals surface area contributed by atoms with Gasteiger partial charge in [-0.1, -0.05) is 6.42 Å². The number of thiophene rings is 1. The monoisotopic (exact) mass is 371 g/mol. The van der Waals surface area contributed by atoms with Crippen molar-refractivity contribution >= 4 is 46.8 Å². The molecule has 0 aliphatic carbocycles. The van der Waals surface area contributed by atoms with Gasteiger partial charge in [0.25, 0.3) is 9.05 Å². The highest BCUT2D eigenvalue weighted by atomic mass is 35.7. The molecular weight excluding hydrogens is 358 g/mol. The molecule has 0 bridgehead atoms. The Kier molecular flexibility index (Phi) is 4.96. The first kappa shape index (κ1) is 16.7. The number of nitrogens with one attached hydrogen (secondary N) is 1. The molecule has 0 spiro atoms. The van der Waals surface area contributed by atoms with Gasteiger partial charge in [0, 0.05) is 15.6 Å². The zero-order valence-electron chi connectivity index (χ0n) is 10.9. The average molecular weight is 372 g/mol. The van der Waals surface area contributed by atoms with E-state index in [1.165, 1.54) is 12.1 Å². The number of carbonyl (C=O) groups is 1. The molecule has 2 heterocycles. The van der Waals surface area contributed by atoms with Crippen LogP contribution >= 0.6 is 22.0 Å². The van der Waals surface area contributed by atoms with Gasteiger partial charge in [-0.15, -0.1) is 11.3 Å². The molecule has 1 aliphatic rings. The van der Waals surface area contributed by atoms with Crippen molar-refractivity contribution in [3.63, 3.8) is 0 Å². The van der Waals surface area contributed by atoms with Crippen LogP contribution in [0.4, 0.5) is 0 Å². The Morgan fingerprint density at radius 1 is 1.38 bits per heavy atom. The number of rotatable bonds is 4. The predicted molar refractivity (Wildman–Crippen MR) is 80.6 cm³/mol. The summed E-state index contributed by atoms with van der Waals surface area (Å²) in [7, 11) is -1.94. The largest absolute Gasteiger partial charge is 0.350 e. The molecule has 0 radical (unpaired) electrons. The molecule has 2 rings (SSSR count). The van der Waals surface area contributed by atoms with Crippen LogP contribution in [-0.4, -0.2) is 33.7 Å². The second kappa shape index (κ2) is 6.23. The van der Waals surface area contributed by atoms with Crippen LogP contribution in [0, 0.1) is 0 Å². The van der Waals surface area contributed by atoms with Crippen LogP contribution in [0.15, 0.2) is 16.3 Å². The van der Waals surface area contributed by atoms with Gasteiger partial charge in [-0.25, -0.2) is 16.8 Å². The quantitative estimate of drug-likeness (QED) is 0.803. The molecular formula is C11H14ClNO5S3. The third kappa shape index (κ3) is 4.18. The molecule has 10 heteroatoms. The third-order valence-corrected chi connectivity index (χ3v) is 8.54. The number of carbonyl (C=O) groups excluding carboxylic acids is 1. The minimum Gasteiger partial charge on any atom is -0.350 e. The molecule has 0 saturated carbocycles. The van der Waals surface area contributed by atoms with E-state index < -0.39 is 30.0 Å². The predicted octanol–water partition coefficient (Wildman–Crippen LogP) is 1.26. The Morgan fingerprint density at radius 2 is 2.10 bits per heavy atom. The molecule has 118 valence electrons. The first-order valence-electron chi connectivity index (χ1n) is 6.23. The summed E-state index contributed by atoms with van der Waals surface area (Å²) in [4.78, 5) is 12.6. The minimum atomic E-state index is -3.78. The van der Waals surface area contributed by atoms with E-state index in [2.05, 4.69) is 5.32 Å². The van der Waals surface area contributed by atoms with Crippen molar-refractivity contribution in [3.8, 4) is 0 Å². The molecule has 21 heavy (non-hydrogen) atoms. The Bertz CT molecular complexity index is 738. The fraction of sp³-hybridized carbons (Fsp3) is 0.545. The molecule has 1 fully saturated rings. The van der Waals surface area contributed by atoms with E-state index in [1.807, 2.05) is 0 Å². The van der Waals surface area contributed by atoms with Gasteiger partial charge in [0.05, 0.1) is 12.3 Å². The minimum absolute atomic E-state index is 0.00120. The lowest BCUT2D eigenvalue weighted by atomic mass is 10.2. The van der Waals surface area contributed by atoms with Gasteiger partial charge in [-0.05, 0) is 25.0 Å². The fourth-order valence-corrected chi connectivity index (χ4v) is 6.01. The number of amides is 1. The summed E-state index contributed by atoms with van der Waals surface area (Å²) in [6.45, 7) is 0.0852. The number of hydrogen-bond acceptors (Lipinski definition) is 6. The van der Waals surface area contributed by atoms with Crippen LogP contribution < -0.4 is 5.32 Å². The van der Waals surface area contributed by atoms with Crippen LogP contribution in [0.1, 0.15) is 24.1 Å². The number of hydrogen-bond donors (Lipinski definition) is 1. The van der Waals surface area contributed by atoms with Crippen molar-refractivity contribution in [2.24, 2.45) is 0 Å². The zero-order valence-corrected chi connectivity index (χ0v) is 14.1. The molecule has 1 N–H and O–H groups in total. The maximum atomic E-state index is 12.0. The third-order valence-electron chi connectivity index (χ3n) is 3.19. The van der Waals surface area contributed by atoms with Gasteiger partial charge in [-0.2, -0.15) is 0 Å². The normalized spacial score (nSPS) is 21.9. The molecule has 1 aliphatic heterocycles. The van der Waals surface area contributed by atoms with Crippen LogP contribution in [0.2, 0.25) is 0 Å². The van der Waals surface area contributed by atoms with E-state index >= 15 is 0 Å². The smallest absolute Gasteiger partial charge is 0.270 e. The van der Waals surface area contributed by atoms with Crippen molar-refractivity contribution in [2.75, 3.05) is 5.75 Å². The molecule has 1 saturated heterocycles. The van der Waals surface area contributed by atoms with E-state index in [0.717, 1.165) is 11.3 Å². The first-order valence-corrected chi connectivity index (χ1v) is 11.1. The maximum Gasteiger partial charge on any atom is 0.270 e. The zero-order chi connectivity index (χ0) is 15.7. The molecule has 1 aromatic rings. The summed E-state index contributed by atoms with van der Waals surface area (Å²) in [5, 5.41) is 1.55. The van der Waals surface area contributed by atoms with Crippen molar-refractivity contribution in [1.82, 2.24) is 5.32 Å². The summed E-state index contributed by atoms with van der Waals surface area (Å²) in [6, 6.07) is 2.89. The second-order valence-electron chi connectivity index (χ2n) is 4.73. The van der Waals surface area contributed by atoms with Gasteiger partial charge >= 0.3 is 0 Å². The van der Waals surface area contributed by atoms with E-state index in [4.69, 9.17) is 10.7 Å². The average Bonchev–Trinajstić information content (AvgIpc) is 2.84. The van der Waals surface area contributed by atoms with Crippen molar-refractivity contribution in [1.29, 1.82) is 0 Å². The van der Waals surface area contributed by atoms with E-state index in [1.54, 1.807) is 0 Å². The lowest BCUT2D eigenvalue weighted by molar-refractivity contribution is -0.121. The summed E-state index contributed by atoms with van der Waals surface area (Å²) < 4.78 is 45.9. The summed E-state index contributed by atoms with van der Waals surface area (Å²) >= 11 is 0.944. The first-order chi connectivity index (χ1) is 9.70. The molecule has 0 aromatic carbocycles. The van der Waals surface area contributed by atoms with Crippen LogP contribution in [0.5, 0.6) is 0 Å². The molecule has 1 amide bonds. The Hall–Kier alpha value is -0.640. The van der Waals surface area contributed by atoms with Crippen molar-refractivity contribution in [3.05, 3.63) is 17.0 Å². The van der Waals surface area contributed by atoms with E-state index in [0.29, 0.717) is 24.1 Å². The highest BCUT2D eigenvalue weighted by Gasteiger charge is 2.34. The Labute approximate surface area is 131 Å². The van der Waals surface area contributed by atoms with E-state index in [9.17, 15) is 21.6 Å². The van der Waals surface area contributed by atoms with Gasteiger partial charge in [0.2, 0.25) is 5.91 Å².